The maximum atomic E-state index is 11.9. The summed E-state index contributed by atoms with van der Waals surface area (Å²) in [6.07, 6.45) is -4.13. The Hall–Kier alpha value is -0.390. The minimum atomic E-state index is -4.13. The number of hydrogen-bond donors (Lipinski definition) is 1. The number of benzene rings is 1. The van der Waals surface area contributed by atoms with Gasteiger partial charge in [0, 0.05) is 11.4 Å². The molecule has 0 aliphatic heterocycles. The SMILES string of the molecule is Cl.NCc1ccccc1SCC(F)(F)F. The molecule has 15 heavy (non-hydrogen) atoms. The highest BCUT2D eigenvalue weighted by Crippen LogP contribution is 2.29. The fourth-order valence-electron chi connectivity index (χ4n) is 0.973. The van der Waals surface area contributed by atoms with Gasteiger partial charge in [0.05, 0.1) is 5.75 Å². The molecule has 0 amide bonds. The van der Waals surface area contributed by atoms with Crippen molar-refractivity contribution < 1.29 is 13.2 Å². The normalized spacial score (nSPS) is 10.9. The van der Waals surface area contributed by atoms with E-state index in [-0.39, 0.29) is 19.0 Å². The molecule has 0 aliphatic rings. The molecule has 0 fully saturated rings. The Morgan fingerprint density at radius 1 is 1.20 bits per heavy atom. The Morgan fingerprint density at radius 2 is 1.80 bits per heavy atom. The van der Waals surface area contributed by atoms with Crippen LogP contribution in [0.4, 0.5) is 13.2 Å². The number of nitrogens with two attached hydrogens (primary N) is 1. The largest absolute Gasteiger partial charge is 0.398 e. The van der Waals surface area contributed by atoms with Crippen molar-refractivity contribution in [3.8, 4) is 0 Å². The summed E-state index contributed by atoms with van der Waals surface area (Å²) in [6.45, 7) is 0.265. The van der Waals surface area contributed by atoms with E-state index in [4.69, 9.17) is 5.73 Å². The minimum Gasteiger partial charge on any atom is -0.326 e. The summed E-state index contributed by atoms with van der Waals surface area (Å²) in [6, 6.07) is 6.86. The molecule has 0 radical (unpaired) electrons. The van der Waals surface area contributed by atoms with Crippen LogP contribution in [-0.4, -0.2) is 11.9 Å². The maximum absolute atomic E-state index is 11.9. The Bertz CT molecular complexity index is 304. The lowest BCUT2D eigenvalue weighted by atomic mass is 10.2. The highest BCUT2D eigenvalue weighted by molar-refractivity contribution is 7.99. The lowest BCUT2D eigenvalue weighted by Gasteiger charge is -2.08. The highest BCUT2D eigenvalue weighted by atomic mass is 35.5. The van der Waals surface area contributed by atoms with Gasteiger partial charge in [0.2, 0.25) is 0 Å². The van der Waals surface area contributed by atoms with Crippen molar-refractivity contribution in [3.05, 3.63) is 29.8 Å². The fraction of sp³-hybridized carbons (Fsp3) is 0.333. The van der Waals surface area contributed by atoms with Gasteiger partial charge in [-0.15, -0.1) is 24.2 Å². The maximum Gasteiger partial charge on any atom is 0.398 e. The van der Waals surface area contributed by atoms with E-state index < -0.39 is 11.9 Å². The van der Waals surface area contributed by atoms with Gasteiger partial charge in [0.25, 0.3) is 0 Å². The number of alkyl halides is 3. The lowest BCUT2D eigenvalue weighted by Crippen LogP contribution is -2.11. The van der Waals surface area contributed by atoms with Gasteiger partial charge in [-0.3, -0.25) is 0 Å². The summed E-state index contributed by atoms with van der Waals surface area (Å²) >= 11 is 0.774. The predicted octanol–water partition coefficient (Wildman–Crippen LogP) is 3.22. The van der Waals surface area contributed by atoms with Gasteiger partial charge < -0.3 is 5.73 Å². The molecule has 0 aliphatic carbocycles. The second-order valence-corrected chi connectivity index (χ2v) is 3.73. The van der Waals surface area contributed by atoms with Crippen molar-refractivity contribution in [1.29, 1.82) is 0 Å². The molecule has 0 unspecified atom stereocenters. The zero-order valence-electron chi connectivity index (χ0n) is 7.75. The van der Waals surface area contributed by atoms with Crippen LogP contribution < -0.4 is 5.73 Å². The molecule has 0 heterocycles. The van der Waals surface area contributed by atoms with E-state index in [1.54, 1.807) is 24.3 Å². The number of hydrogen-bond acceptors (Lipinski definition) is 2. The van der Waals surface area contributed by atoms with Crippen LogP contribution in [0.5, 0.6) is 0 Å². The second-order valence-electron chi connectivity index (χ2n) is 2.72. The number of halogens is 4. The number of thioether (sulfide) groups is 1. The number of rotatable bonds is 3. The summed E-state index contributed by atoms with van der Waals surface area (Å²) in [7, 11) is 0. The van der Waals surface area contributed by atoms with E-state index in [0.29, 0.717) is 4.90 Å². The van der Waals surface area contributed by atoms with Crippen LogP contribution in [0.2, 0.25) is 0 Å². The van der Waals surface area contributed by atoms with Crippen molar-refractivity contribution in [1.82, 2.24) is 0 Å². The minimum absolute atomic E-state index is 0. The van der Waals surface area contributed by atoms with Crippen LogP contribution in [0.25, 0.3) is 0 Å². The van der Waals surface area contributed by atoms with Crippen molar-refractivity contribution in [3.63, 3.8) is 0 Å². The zero-order chi connectivity index (χ0) is 10.6. The smallest absolute Gasteiger partial charge is 0.326 e. The van der Waals surface area contributed by atoms with E-state index in [0.717, 1.165) is 17.3 Å². The Kier molecular flexibility index (Phi) is 6.09. The third kappa shape index (κ3) is 5.30. The summed E-state index contributed by atoms with van der Waals surface area (Å²) in [5, 5.41) is 0. The van der Waals surface area contributed by atoms with Crippen LogP contribution >= 0.6 is 24.2 Å². The van der Waals surface area contributed by atoms with Crippen LogP contribution in [-0.2, 0) is 6.54 Å². The first-order valence-corrected chi connectivity index (χ1v) is 4.99. The first-order chi connectivity index (χ1) is 6.53. The van der Waals surface area contributed by atoms with Gasteiger partial charge in [-0.1, -0.05) is 18.2 Å². The molecule has 0 saturated heterocycles. The van der Waals surface area contributed by atoms with Crippen LogP contribution in [0.3, 0.4) is 0 Å². The van der Waals surface area contributed by atoms with Gasteiger partial charge in [-0.05, 0) is 11.6 Å². The Morgan fingerprint density at radius 3 is 2.33 bits per heavy atom. The standard InChI is InChI=1S/C9H10F3NS.ClH/c10-9(11,12)6-14-8-4-2-1-3-7(8)5-13;/h1-4H,5-6,13H2;1H. The molecular weight excluding hydrogens is 247 g/mol. The average Bonchev–Trinajstić information content (AvgIpc) is 2.14. The zero-order valence-corrected chi connectivity index (χ0v) is 9.38. The van der Waals surface area contributed by atoms with Crippen molar-refractivity contribution in [2.45, 2.75) is 17.6 Å². The fourth-order valence-corrected chi connectivity index (χ4v) is 1.80. The van der Waals surface area contributed by atoms with Crippen molar-refractivity contribution in [2.24, 2.45) is 5.73 Å². The summed E-state index contributed by atoms with van der Waals surface area (Å²) in [4.78, 5) is 0.604. The molecule has 0 spiro atoms. The Labute approximate surface area is 96.6 Å². The molecule has 6 heteroatoms. The van der Waals surface area contributed by atoms with Gasteiger partial charge >= 0.3 is 6.18 Å². The first-order valence-electron chi connectivity index (χ1n) is 4.00. The molecule has 0 bridgehead atoms. The predicted molar refractivity (Wildman–Crippen MR) is 58.4 cm³/mol. The molecule has 1 nitrogen and oxygen atoms in total. The average molecular weight is 258 g/mol. The third-order valence-electron chi connectivity index (χ3n) is 1.58. The van der Waals surface area contributed by atoms with Crippen LogP contribution in [0.15, 0.2) is 29.2 Å². The van der Waals surface area contributed by atoms with E-state index in [1.807, 2.05) is 0 Å². The van der Waals surface area contributed by atoms with E-state index in [9.17, 15) is 13.2 Å². The van der Waals surface area contributed by atoms with Crippen molar-refractivity contribution >= 4 is 24.2 Å². The molecule has 0 atom stereocenters. The molecule has 1 rings (SSSR count). The van der Waals surface area contributed by atoms with E-state index >= 15 is 0 Å². The van der Waals surface area contributed by atoms with Gasteiger partial charge in [0.15, 0.2) is 0 Å². The summed E-state index contributed by atoms with van der Waals surface area (Å²) in [5.74, 6) is -0.871. The summed E-state index contributed by atoms with van der Waals surface area (Å²) in [5.41, 5.74) is 6.15. The molecular formula is C9H11ClF3NS. The molecule has 86 valence electrons. The van der Waals surface area contributed by atoms with Crippen LogP contribution in [0.1, 0.15) is 5.56 Å². The van der Waals surface area contributed by atoms with Gasteiger partial charge in [0.1, 0.15) is 0 Å². The topological polar surface area (TPSA) is 26.0 Å². The molecule has 2 N–H and O–H groups in total. The second kappa shape index (κ2) is 6.25. The molecule has 1 aromatic carbocycles. The molecule has 0 saturated carbocycles. The monoisotopic (exact) mass is 257 g/mol. The van der Waals surface area contributed by atoms with Gasteiger partial charge in [-0.25, -0.2) is 0 Å². The molecule has 0 aromatic heterocycles. The van der Waals surface area contributed by atoms with E-state index in [2.05, 4.69) is 0 Å². The lowest BCUT2D eigenvalue weighted by molar-refractivity contribution is -0.105. The van der Waals surface area contributed by atoms with Crippen molar-refractivity contribution in [2.75, 3.05) is 5.75 Å². The Balaban J connectivity index is 0.00000196. The van der Waals surface area contributed by atoms with Crippen LogP contribution in [0, 0.1) is 0 Å². The van der Waals surface area contributed by atoms with E-state index in [1.165, 1.54) is 0 Å². The molecule has 1 aromatic rings. The highest BCUT2D eigenvalue weighted by Gasteiger charge is 2.27. The summed E-state index contributed by atoms with van der Waals surface area (Å²) < 4.78 is 35.8. The third-order valence-corrected chi connectivity index (χ3v) is 2.76. The first kappa shape index (κ1) is 14.6. The quantitative estimate of drug-likeness (QED) is 0.842. The van der Waals surface area contributed by atoms with Gasteiger partial charge in [-0.2, -0.15) is 13.2 Å².